The van der Waals surface area contributed by atoms with Crippen LogP contribution in [-0.4, -0.2) is 32.2 Å². The van der Waals surface area contributed by atoms with Crippen molar-refractivity contribution < 1.29 is 13.9 Å². The number of hydrogen-bond donors (Lipinski definition) is 1. The lowest BCUT2D eigenvalue weighted by atomic mass is 10.1. The normalized spacial score (nSPS) is 11.2. The molecule has 0 aliphatic carbocycles. The number of ether oxygens (including phenoxy) is 1. The number of aryl methyl sites for hydroxylation is 2. The number of amides is 1. The third kappa shape index (κ3) is 4.24. The van der Waals surface area contributed by atoms with Gasteiger partial charge in [0.2, 0.25) is 5.91 Å². The Morgan fingerprint density at radius 2 is 2.03 bits per heavy atom. The molecule has 0 saturated heterocycles. The van der Waals surface area contributed by atoms with Crippen LogP contribution in [0.3, 0.4) is 0 Å². The molecule has 0 bridgehead atoms. The van der Waals surface area contributed by atoms with Gasteiger partial charge in [0, 0.05) is 16.8 Å². The van der Waals surface area contributed by atoms with Gasteiger partial charge < -0.3 is 14.5 Å². The van der Waals surface area contributed by atoms with Crippen LogP contribution in [0, 0.1) is 13.8 Å². The second-order valence-corrected chi connectivity index (χ2v) is 8.85. The number of nitrogens with one attached hydrogen (secondary N) is 1. The maximum absolute atomic E-state index is 13.6. The Morgan fingerprint density at radius 3 is 2.80 bits per heavy atom. The van der Waals surface area contributed by atoms with E-state index < -0.39 is 0 Å². The molecule has 5 rings (SSSR count). The largest absolute Gasteiger partial charge is 0.494 e. The topological polar surface area (TPSA) is 104 Å². The van der Waals surface area contributed by atoms with Gasteiger partial charge in [-0.2, -0.15) is 5.10 Å². The summed E-state index contributed by atoms with van der Waals surface area (Å²) >= 11 is 1.33. The van der Waals surface area contributed by atoms with Crippen molar-refractivity contribution in [3.05, 3.63) is 87.3 Å². The third-order valence-electron chi connectivity index (χ3n) is 5.66. The van der Waals surface area contributed by atoms with Crippen molar-refractivity contribution in [2.45, 2.75) is 26.8 Å². The van der Waals surface area contributed by atoms with Gasteiger partial charge in [-0.1, -0.05) is 12.1 Å². The van der Waals surface area contributed by atoms with E-state index in [1.165, 1.54) is 15.7 Å². The van der Waals surface area contributed by atoms with Crippen molar-refractivity contribution in [3.63, 3.8) is 0 Å². The van der Waals surface area contributed by atoms with Crippen molar-refractivity contribution >= 4 is 22.2 Å². The van der Waals surface area contributed by atoms with Crippen LogP contribution >= 0.6 is 11.3 Å². The lowest BCUT2D eigenvalue weighted by Crippen LogP contribution is -2.27. The summed E-state index contributed by atoms with van der Waals surface area (Å²) in [7, 11) is 1.61. The quantitative estimate of drug-likeness (QED) is 0.374. The van der Waals surface area contributed by atoms with Gasteiger partial charge in [-0.05, 0) is 44.2 Å². The Labute approximate surface area is 204 Å². The number of thiazole rings is 1. The highest BCUT2D eigenvalue weighted by Gasteiger charge is 2.20. The molecule has 0 saturated carbocycles. The van der Waals surface area contributed by atoms with Crippen LogP contribution in [0.25, 0.3) is 21.9 Å². The van der Waals surface area contributed by atoms with Crippen molar-refractivity contribution in [3.8, 4) is 22.7 Å². The summed E-state index contributed by atoms with van der Waals surface area (Å²) in [5.74, 6) is 1.12. The number of nitrogens with zero attached hydrogens (tertiary/aromatic N) is 4. The van der Waals surface area contributed by atoms with Crippen LogP contribution in [0.1, 0.15) is 22.8 Å². The number of carbonyl (C=O) groups is 1. The molecule has 35 heavy (non-hydrogen) atoms. The van der Waals surface area contributed by atoms with E-state index in [9.17, 15) is 9.59 Å². The Kier molecular flexibility index (Phi) is 5.96. The second-order valence-electron chi connectivity index (χ2n) is 8.01. The van der Waals surface area contributed by atoms with Gasteiger partial charge in [0.1, 0.15) is 22.9 Å². The standard InChI is InChI=1S/C25H23N5O4S/c1-15-11-19(28-30(15)20-8-4-5-9-21(20)33-3)23-16(2)27-25-29(24(23)32)17(14-35-25)12-22(31)26-13-18-7-6-10-34-18/h4-11,14H,12-13H2,1-3H3,(H,26,31). The first-order valence-corrected chi connectivity index (χ1v) is 11.8. The average Bonchev–Trinajstić information content (AvgIpc) is 3.58. The van der Waals surface area contributed by atoms with E-state index in [4.69, 9.17) is 14.3 Å². The zero-order valence-corrected chi connectivity index (χ0v) is 20.3. The number of carbonyl (C=O) groups excluding carboxylic acids is 1. The molecular formula is C25H23N5O4S. The highest BCUT2D eigenvalue weighted by Crippen LogP contribution is 2.27. The summed E-state index contributed by atoms with van der Waals surface area (Å²) in [4.78, 5) is 31.4. The number of furan rings is 1. The van der Waals surface area contributed by atoms with E-state index in [1.807, 2.05) is 37.3 Å². The first-order chi connectivity index (χ1) is 17.0. The molecule has 178 valence electrons. The molecule has 0 aliphatic rings. The maximum atomic E-state index is 13.6. The van der Waals surface area contributed by atoms with E-state index in [1.54, 1.807) is 42.5 Å². The van der Waals surface area contributed by atoms with E-state index >= 15 is 0 Å². The minimum absolute atomic E-state index is 0.0411. The van der Waals surface area contributed by atoms with Crippen molar-refractivity contribution in [1.29, 1.82) is 0 Å². The van der Waals surface area contributed by atoms with Gasteiger partial charge in [0.15, 0.2) is 4.96 Å². The lowest BCUT2D eigenvalue weighted by Gasteiger charge is -2.09. The molecule has 4 heterocycles. The molecular weight excluding hydrogens is 466 g/mol. The lowest BCUT2D eigenvalue weighted by molar-refractivity contribution is -0.120. The second kappa shape index (κ2) is 9.22. The highest BCUT2D eigenvalue weighted by molar-refractivity contribution is 7.15. The zero-order valence-electron chi connectivity index (χ0n) is 19.4. The summed E-state index contributed by atoms with van der Waals surface area (Å²) < 4.78 is 14.0. The molecule has 1 amide bonds. The predicted octanol–water partition coefficient (Wildman–Crippen LogP) is 3.69. The minimum Gasteiger partial charge on any atom is -0.494 e. The Bertz CT molecular complexity index is 1580. The number of aromatic nitrogens is 4. The van der Waals surface area contributed by atoms with Crippen LogP contribution in [0.15, 0.2) is 63.3 Å². The summed E-state index contributed by atoms with van der Waals surface area (Å²) in [5, 5.41) is 9.32. The zero-order chi connectivity index (χ0) is 24.5. The fraction of sp³-hybridized carbons (Fsp3) is 0.200. The van der Waals surface area contributed by atoms with Gasteiger partial charge in [0.25, 0.3) is 5.56 Å². The number of para-hydroxylation sites is 2. The molecule has 0 unspecified atom stereocenters. The number of methoxy groups -OCH3 is 1. The van der Waals surface area contributed by atoms with Crippen LogP contribution in [0.5, 0.6) is 5.75 Å². The van der Waals surface area contributed by atoms with Crippen molar-refractivity contribution in [1.82, 2.24) is 24.5 Å². The molecule has 1 aromatic carbocycles. The Hall–Kier alpha value is -4.18. The van der Waals surface area contributed by atoms with E-state index in [-0.39, 0.29) is 24.4 Å². The van der Waals surface area contributed by atoms with Gasteiger partial charge in [-0.25, -0.2) is 9.67 Å². The molecule has 1 N–H and O–H groups in total. The highest BCUT2D eigenvalue weighted by atomic mass is 32.1. The fourth-order valence-electron chi connectivity index (χ4n) is 4.00. The molecule has 0 atom stereocenters. The average molecular weight is 490 g/mol. The van der Waals surface area contributed by atoms with Crippen LogP contribution in [0.2, 0.25) is 0 Å². The summed E-state index contributed by atoms with van der Waals surface area (Å²) in [5.41, 5.74) is 3.42. The van der Waals surface area contributed by atoms with E-state index in [0.717, 1.165) is 11.4 Å². The third-order valence-corrected chi connectivity index (χ3v) is 6.53. The smallest absolute Gasteiger partial charge is 0.268 e. The number of fused-ring (bicyclic) bond motifs is 1. The van der Waals surface area contributed by atoms with Crippen LogP contribution in [-0.2, 0) is 17.8 Å². The van der Waals surface area contributed by atoms with Gasteiger partial charge in [-0.3, -0.25) is 14.0 Å². The van der Waals surface area contributed by atoms with Crippen molar-refractivity contribution in [2.75, 3.05) is 7.11 Å². The SMILES string of the molecule is COc1ccccc1-n1nc(-c2c(C)nc3scc(CC(=O)NCc4ccco4)n3c2=O)cc1C. The molecule has 0 radical (unpaired) electrons. The summed E-state index contributed by atoms with van der Waals surface area (Å²) in [6.45, 7) is 4.00. The molecule has 9 nitrogen and oxygen atoms in total. The maximum Gasteiger partial charge on any atom is 0.268 e. The molecule has 10 heteroatoms. The Balaban J connectivity index is 1.51. The molecule has 4 aromatic heterocycles. The van der Waals surface area contributed by atoms with Gasteiger partial charge in [0.05, 0.1) is 37.6 Å². The monoisotopic (exact) mass is 489 g/mol. The summed E-state index contributed by atoms with van der Waals surface area (Å²) in [6, 6.07) is 13.0. The number of benzene rings is 1. The van der Waals surface area contributed by atoms with Crippen LogP contribution < -0.4 is 15.6 Å². The van der Waals surface area contributed by atoms with E-state index in [2.05, 4.69) is 10.3 Å². The predicted molar refractivity (Wildman–Crippen MR) is 132 cm³/mol. The number of rotatable bonds is 7. The Morgan fingerprint density at radius 1 is 1.20 bits per heavy atom. The van der Waals surface area contributed by atoms with Crippen LogP contribution in [0.4, 0.5) is 0 Å². The van der Waals surface area contributed by atoms with Gasteiger partial charge in [-0.15, -0.1) is 11.3 Å². The summed E-state index contributed by atoms with van der Waals surface area (Å²) in [6.07, 6.45) is 1.60. The molecule has 0 fully saturated rings. The number of hydrogen-bond acceptors (Lipinski definition) is 7. The van der Waals surface area contributed by atoms with Crippen molar-refractivity contribution in [2.24, 2.45) is 0 Å². The van der Waals surface area contributed by atoms with Gasteiger partial charge >= 0.3 is 0 Å². The van der Waals surface area contributed by atoms with E-state index in [0.29, 0.717) is 39.1 Å². The molecule has 0 aliphatic heterocycles. The molecule has 5 aromatic rings. The first-order valence-electron chi connectivity index (χ1n) is 11.0. The minimum atomic E-state index is -0.257. The fourth-order valence-corrected chi connectivity index (χ4v) is 4.92. The first kappa shape index (κ1) is 22.6. The molecule has 0 spiro atoms.